The van der Waals surface area contributed by atoms with Crippen molar-refractivity contribution < 1.29 is 5.11 Å². The van der Waals surface area contributed by atoms with Crippen molar-refractivity contribution in [2.24, 2.45) is 5.41 Å². The highest BCUT2D eigenvalue weighted by Crippen LogP contribution is 2.52. The van der Waals surface area contributed by atoms with E-state index in [2.05, 4.69) is 45.0 Å². The maximum atomic E-state index is 9.66. The normalized spacial score (nSPS) is 29.7. The van der Waals surface area contributed by atoms with E-state index in [0.717, 1.165) is 6.42 Å². The molecular formula is C13H18O. The summed E-state index contributed by atoms with van der Waals surface area (Å²) >= 11 is 0. The quantitative estimate of drug-likeness (QED) is 0.722. The van der Waals surface area contributed by atoms with E-state index in [1.54, 1.807) is 0 Å². The van der Waals surface area contributed by atoms with E-state index in [9.17, 15) is 5.11 Å². The molecule has 76 valence electrons. The molecule has 1 aromatic rings. The maximum Gasteiger partial charge on any atom is 0.0603 e. The second kappa shape index (κ2) is 3.09. The number of aliphatic hydroxyl groups is 1. The van der Waals surface area contributed by atoms with Crippen LogP contribution < -0.4 is 0 Å². The Kier molecular flexibility index (Phi) is 2.15. The van der Waals surface area contributed by atoms with Gasteiger partial charge in [-0.05, 0) is 30.2 Å². The summed E-state index contributed by atoms with van der Waals surface area (Å²) in [6.45, 7) is 6.39. The Labute approximate surface area is 85.8 Å². The minimum Gasteiger partial charge on any atom is -0.393 e. The highest BCUT2D eigenvalue weighted by molar-refractivity contribution is 5.29. The smallest absolute Gasteiger partial charge is 0.0603 e. The van der Waals surface area contributed by atoms with Crippen LogP contribution >= 0.6 is 0 Å². The van der Waals surface area contributed by atoms with Gasteiger partial charge in [-0.1, -0.05) is 43.7 Å². The van der Waals surface area contributed by atoms with Crippen LogP contribution in [0.2, 0.25) is 0 Å². The van der Waals surface area contributed by atoms with Crippen LogP contribution in [-0.4, -0.2) is 11.2 Å². The van der Waals surface area contributed by atoms with Crippen molar-refractivity contribution in [3.8, 4) is 0 Å². The summed E-state index contributed by atoms with van der Waals surface area (Å²) in [5.41, 5.74) is 2.72. The van der Waals surface area contributed by atoms with Gasteiger partial charge >= 0.3 is 0 Å². The molecule has 0 saturated heterocycles. The van der Waals surface area contributed by atoms with Gasteiger partial charge < -0.3 is 5.11 Å². The molecule has 0 heterocycles. The molecule has 0 aromatic heterocycles. The third-order valence-electron chi connectivity index (χ3n) is 3.70. The Hall–Kier alpha value is -0.820. The SMILES string of the molecule is Cc1ccc([C@@H]2C[C@@H](O)C2(C)C)cc1. The van der Waals surface area contributed by atoms with E-state index in [1.807, 2.05) is 0 Å². The van der Waals surface area contributed by atoms with Crippen LogP contribution in [0, 0.1) is 12.3 Å². The van der Waals surface area contributed by atoms with Gasteiger partial charge in [0, 0.05) is 0 Å². The van der Waals surface area contributed by atoms with Crippen LogP contribution in [0.5, 0.6) is 0 Å². The Bertz CT molecular complexity index is 324. The van der Waals surface area contributed by atoms with Crippen molar-refractivity contribution in [2.75, 3.05) is 0 Å². The number of rotatable bonds is 1. The molecule has 1 heteroatoms. The Morgan fingerprint density at radius 2 is 1.79 bits per heavy atom. The average Bonchev–Trinajstić information content (AvgIpc) is 2.16. The lowest BCUT2D eigenvalue weighted by Gasteiger charge is -2.49. The van der Waals surface area contributed by atoms with Gasteiger partial charge in [0.15, 0.2) is 0 Å². The van der Waals surface area contributed by atoms with E-state index >= 15 is 0 Å². The maximum absolute atomic E-state index is 9.66. The van der Waals surface area contributed by atoms with E-state index in [1.165, 1.54) is 11.1 Å². The van der Waals surface area contributed by atoms with E-state index in [4.69, 9.17) is 0 Å². The van der Waals surface area contributed by atoms with Gasteiger partial charge in [-0.25, -0.2) is 0 Å². The lowest BCUT2D eigenvalue weighted by atomic mass is 9.58. The topological polar surface area (TPSA) is 20.2 Å². The molecule has 2 rings (SSSR count). The first kappa shape index (κ1) is 9.72. The molecule has 0 spiro atoms. The van der Waals surface area contributed by atoms with E-state index < -0.39 is 0 Å². The second-order valence-electron chi connectivity index (χ2n) is 5.04. The zero-order valence-corrected chi connectivity index (χ0v) is 9.12. The minimum atomic E-state index is -0.131. The Morgan fingerprint density at radius 3 is 2.21 bits per heavy atom. The molecule has 1 N–H and O–H groups in total. The van der Waals surface area contributed by atoms with Crippen LogP contribution in [-0.2, 0) is 0 Å². The number of aryl methyl sites for hydroxylation is 1. The Balaban J connectivity index is 2.22. The molecule has 1 aliphatic rings. The molecule has 14 heavy (non-hydrogen) atoms. The van der Waals surface area contributed by atoms with Gasteiger partial charge in [-0.2, -0.15) is 0 Å². The first-order chi connectivity index (χ1) is 6.51. The van der Waals surface area contributed by atoms with Crippen molar-refractivity contribution in [1.82, 2.24) is 0 Å². The largest absolute Gasteiger partial charge is 0.393 e. The number of hydrogen-bond acceptors (Lipinski definition) is 1. The molecule has 1 aliphatic carbocycles. The van der Waals surface area contributed by atoms with Gasteiger partial charge in [0.1, 0.15) is 0 Å². The molecule has 1 nitrogen and oxygen atoms in total. The molecule has 0 radical (unpaired) electrons. The average molecular weight is 190 g/mol. The lowest BCUT2D eigenvalue weighted by Crippen LogP contribution is -2.47. The minimum absolute atomic E-state index is 0.0509. The fraction of sp³-hybridized carbons (Fsp3) is 0.538. The van der Waals surface area contributed by atoms with Crippen LogP contribution in [0.15, 0.2) is 24.3 Å². The number of hydrogen-bond donors (Lipinski definition) is 1. The van der Waals surface area contributed by atoms with Crippen LogP contribution in [0.4, 0.5) is 0 Å². The van der Waals surface area contributed by atoms with Crippen molar-refractivity contribution >= 4 is 0 Å². The van der Waals surface area contributed by atoms with Gasteiger partial charge in [-0.15, -0.1) is 0 Å². The predicted octanol–water partition coefficient (Wildman–Crippen LogP) is 2.87. The van der Waals surface area contributed by atoms with Gasteiger partial charge in [0.2, 0.25) is 0 Å². The van der Waals surface area contributed by atoms with Gasteiger partial charge in [0.05, 0.1) is 6.10 Å². The lowest BCUT2D eigenvalue weighted by molar-refractivity contribution is -0.0625. The third kappa shape index (κ3) is 1.36. The van der Waals surface area contributed by atoms with Crippen molar-refractivity contribution in [1.29, 1.82) is 0 Å². The molecular weight excluding hydrogens is 172 g/mol. The van der Waals surface area contributed by atoms with E-state index in [-0.39, 0.29) is 11.5 Å². The second-order valence-corrected chi connectivity index (χ2v) is 5.04. The molecule has 0 amide bonds. The van der Waals surface area contributed by atoms with Crippen molar-refractivity contribution in [3.63, 3.8) is 0 Å². The molecule has 2 atom stereocenters. The summed E-state index contributed by atoms with van der Waals surface area (Å²) in [6.07, 6.45) is 0.782. The first-order valence-electron chi connectivity index (χ1n) is 5.26. The standard InChI is InChI=1S/C13H18O/c1-9-4-6-10(7-5-9)11-8-12(14)13(11,2)3/h4-7,11-12,14H,8H2,1-3H3/t11-,12+/m0/s1. The predicted molar refractivity (Wildman–Crippen MR) is 58.3 cm³/mol. The zero-order chi connectivity index (χ0) is 10.3. The molecule has 0 bridgehead atoms. The summed E-state index contributed by atoms with van der Waals surface area (Å²) in [6, 6.07) is 8.67. The number of benzene rings is 1. The highest BCUT2D eigenvalue weighted by atomic mass is 16.3. The van der Waals surface area contributed by atoms with Gasteiger partial charge in [0.25, 0.3) is 0 Å². The first-order valence-corrected chi connectivity index (χ1v) is 5.26. The van der Waals surface area contributed by atoms with E-state index in [0.29, 0.717) is 5.92 Å². The third-order valence-corrected chi connectivity index (χ3v) is 3.70. The fourth-order valence-corrected chi connectivity index (χ4v) is 2.27. The van der Waals surface area contributed by atoms with Crippen molar-refractivity contribution in [2.45, 2.75) is 39.2 Å². The van der Waals surface area contributed by atoms with Crippen molar-refractivity contribution in [3.05, 3.63) is 35.4 Å². The summed E-state index contributed by atoms with van der Waals surface area (Å²) in [5.74, 6) is 0.526. The van der Waals surface area contributed by atoms with Gasteiger partial charge in [-0.3, -0.25) is 0 Å². The van der Waals surface area contributed by atoms with Crippen LogP contribution in [0.25, 0.3) is 0 Å². The molecule has 1 aromatic carbocycles. The summed E-state index contributed by atoms with van der Waals surface area (Å²) in [5, 5.41) is 9.66. The molecule has 0 aliphatic heterocycles. The summed E-state index contributed by atoms with van der Waals surface area (Å²) in [4.78, 5) is 0. The molecule has 0 unspecified atom stereocenters. The zero-order valence-electron chi connectivity index (χ0n) is 9.12. The summed E-state index contributed by atoms with van der Waals surface area (Å²) < 4.78 is 0. The van der Waals surface area contributed by atoms with Crippen LogP contribution in [0.3, 0.4) is 0 Å². The Morgan fingerprint density at radius 1 is 1.21 bits per heavy atom. The number of aliphatic hydroxyl groups excluding tert-OH is 1. The fourth-order valence-electron chi connectivity index (χ4n) is 2.27. The highest BCUT2D eigenvalue weighted by Gasteiger charge is 2.47. The monoisotopic (exact) mass is 190 g/mol. The molecule has 1 fully saturated rings. The summed E-state index contributed by atoms with van der Waals surface area (Å²) in [7, 11) is 0. The molecule has 1 saturated carbocycles. The van der Waals surface area contributed by atoms with Crippen LogP contribution in [0.1, 0.15) is 37.3 Å².